The molecule has 0 aromatic carbocycles. The smallest absolute Gasteiger partial charge is 0.225 e. The van der Waals surface area contributed by atoms with E-state index in [0.29, 0.717) is 0 Å². The first-order valence-corrected chi connectivity index (χ1v) is 1.55. The molecule has 2 heteroatoms. The fourth-order valence-electron chi connectivity index (χ4n) is 0.101. The summed E-state index contributed by atoms with van der Waals surface area (Å²) in [5.41, 5.74) is 0. The molecule has 0 aliphatic carbocycles. The van der Waals surface area contributed by atoms with Crippen molar-refractivity contribution in [2.45, 2.75) is 0 Å². The van der Waals surface area contributed by atoms with E-state index in [0.717, 1.165) is 6.08 Å². The predicted molar refractivity (Wildman–Crippen MR) is 21.9 cm³/mol. The molecule has 0 aliphatic heterocycles. The van der Waals surface area contributed by atoms with Crippen LogP contribution < -0.4 is 0 Å². The van der Waals surface area contributed by atoms with Crippen molar-refractivity contribution in [3.05, 3.63) is 12.2 Å². The van der Waals surface area contributed by atoms with Gasteiger partial charge in [-0.15, -0.1) is 0 Å². The molecule has 0 unspecified atom stereocenters. The Balaban J connectivity index is 2.94. The van der Waals surface area contributed by atoms with Crippen molar-refractivity contribution in [1.82, 2.24) is 0 Å². The molecule has 0 aliphatic rings. The van der Waals surface area contributed by atoms with Gasteiger partial charge < -0.3 is 5.11 Å². The lowest BCUT2D eigenvalue weighted by atomic mass is 10.5. The molecule has 6 heavy (non-hydrogen) atoms. The molecule has 0 saturated heterocycles. The molecule has 33 valence electrons. The molecule has 1 radical (unpaired) electrons. The summed E-state index contributed by atoms with van der Waals surface area (Å²) in [5.74, 6) is 0. The van der Waals surface area contributed by atoms with Gasteiger partial charge in [-0.05, 0) is 6.08 Å². The summed E-state index contributed by atoms with van der Waals surface area (Å²) < 4.78 is 0. The Hall–Kier alpha value is -0.630. The van der Waals surface area contributed by atoms with Crippen LogP contribution in [0, 0.1) is 0 Å². The fraction of sp³-hybridized carbons (Fsp3) is 0.250. The second-order valence-corrected chi connectivity index (χ2v) is 0.703. The van der Waals surface area contributed by atoms with E-state index in [1.165, 1.54) is 12.4 Å². The number of aliphatic hydroxyl groups is 1. The van der Waals surface area contributed by atoms with Gasteiger partial charge in [0.2, 0.25) is 6.29 Å². The molecular weight excluding hydrogens is 80.0 g/mol. The highest BCUT2D eigenvalue weighted by molar-refractivity contribution is 5.65. The van der Waals surface area contributed by atoms with Gasteiger partial charge in [-0.25, -0.2) is 0 Å². The molecule has 0 spiro atoms. The Labute approximate surface area is 36.1 Å². The molecule has 0 aromatic heterocycles. The van der Waals surface area contributed by atoms with E-state index in [1.54, 1.807) is 0 Å². The molecule has 0 amide bonds. The SMILES string of the molecule is O=[C]/C=C/CO. The Morgan fingerprint density at radius 1 is 1.83 bits per heavy atom. The minimum Gasteiger partial charge on any atom is -0.392 e. The van der Waals surface area contributed by atoms with Crippen LogP contribution in [0.25, 0.3) is 0 Å². The maximum atomic E-state index is 9.24. The molecule has 1 N–H and O–H groups in total. The normalized spacial score (nSPS) is 9.50. The average Bonchev–Trinajstić information content (AvgIpc) is 1.61. The highest BCUT2D eigenvalue weighted by atomic mass is 16.2. The zero-order chi connectivity index (χ0) is 4.83. The average molecular weight is 85.1 g/mol. The number of allylic oxidation sites excluding steroid dienone is 1. The summed E-state index contributed by atoms with van der Waals surface area (Å²) in [6, 6.07) is 0. The van der Waals surface area contributed by atoms with Crippen molar-refractivity contribution < 1.29 is 9.90 Å². The maximum Gasteiger partial charge on any atom is 0.225 e. The number of hydrogen-bond acceptors (Lipinski definition) is 2. The van der Waals surface area contributed by atoms with Gasteiger partial charge in [-0.2, -0.15) is 0 Å². The molecule has 0 saturated carbocycles. The fourth-order valence-corrected chi connectivity index (χ4v) is 0.101. The van der Waals surface area contributed by atoms with E-state index in [2.05, 4.69) is 0 Å². The third-order valence-corrected chi connectivity index (χ3v) is 0.291. The number of hydrogen-bond donors (Lipinski definition) is 1. The molecule has 0 atom stereocenters. The first-order chi connectivity index (χ1) is 2.91. The van der Waals surface area contributed by atoms with E-state index in [9.17, 15) is 4.79 Å². The Bertz CT molecular complexity index is 56.6. The van der Waals surface area contributed by atoms with Crippen LogP contribution in [0.3, 0.4) is 0 Å². The Morgan fingerprint density at radius 2 is 2.50 bits per heavy atom. The largest absolute Gasteiger partial charge is 0.392 e. The minimum atomic E-state index is -0.0881. The molecule has 0 rings (SSSR count). The summed E-state index contributed by atoms with van der Waals surface area (Å²) in [5, 5.41) is 7.93. The Kier molecular flexibility index (Phi) is 3.91. The van der Waals surface area contributed by atoms with Crippen molar-refractivity contribution in [3.8, 4) is 0 Å². The highest BCUT2D eigenvalue weighted by Crippen LogP contribution is 1.59. The third-order valence-electron chi connectivity index (χ3n) is 0.291. The third kappa shape index (κ3) is 3.37. The molecule has 0 heterocycles. The lowest BCUT2D eigenvalue weighted by Crippen LogP contribution is -1.69. The lowest BCUT2D eigenvalue weighted by Gasteiger charge is -1.65. The van der Waals surface area contributed by atoms with E-state index < -0.39 is 0 Å². The summed E-state index contributed by atoms with van der Waals surface area (Å²) in [6.45, 7) is -0.0881. The molecule has 0 bridgehead atoms. The van der Waals surface area contributed by atoms with E-state index >= 15 is 0 Å². The van der Waals surface area contributed by atoms with Gasteiger partial charge in [0.1, 0.15) is 0 Å². The monoisotopic (exact) mass is 85.0 g/mol. The predicted octanol–water partition coefficient (Wildman–Crippen LogP) is -0.355. The highest BCUT2D eigenvalue weighted by Gasteiger charge is 1.61. The molecule has 0 aromatic rings. The van der Waals surface area contributed by atoms with Gasteiger partial charge in [0.05, 0.1) is 6.61 Å². The van der Waals surface area contributed by atoms with Crippen LogP contribution in [0.1, 0.15) is 0 Å². The van der Waals surface area contributed by atoms with Crippen molar-refractivity contribution in [3.63, 3.8) is 0 Å². The summed E-state index contributed by atoms with van der Waals surface area (Å²) in [4.78, 5) is 9.24. The van der Waals surface area contributed by atoms with Gasteiger partial charge >= 0.3 is 0 Å². The number of carbonyl (C=O) groups excluding carboxylic acids is 1. The standard InChI is InChI=1S/C4H5O2/c5-3-1-2-4-6/h1-2,5H,3H2/b2-1+. The zero-order valence-corrected chi connectivity index (χ0v) is 3.22. The van der Waals surface area contributed by atoms with Crippen molar-refractivity contribution in [1.29, 1.82) is 0 Å². The van der Waals surface area contributed by atoms with Gasteiger partial charge in [0.25, 0.3) is 0 Å². The number of aliphatic hydroxyl groups excluding tert-OH is 1. The Morgan fingerprint density at radius 3 is 2.67 bits per heavy atom. The summed E-state index contributed by atoms with van der Waals surface area (Å²) in [6.07, 6.45) is 3.92. The molecular formula is C4H5O2. The first-order valence-electron chi connectivity index (χ1n) is 1.55. The van der Waals surface area contributed by atoms with Crippen LogP contribution in [0.5, 0.6) is 0 Å². The van der Waals surface area contributed by atoms with Crippen molar-refractivity contribution in [2.75, 3.05) is 6.61 Å². The van der Waals surface area contributed by atoms with Crippen LogP contribution in [0.4, 0.5) is 0 Å². The van der Waals surface area contributed by atoms with Crippen molar-refractivity contribution in [2.24, 2.45) is 0 Å². The van der Waals surface area contributed by atoms with Crippen LogP contribution >= 0.6 is 0 Å². The molecule has 2 nitrogen and oxygen atoms in total. The van der Waals surface area contributed by atoms with E-state index in [1.807, 2.05) is 0 Å². The minimum absolute atomic E-state index is 0.0881. The first kappa shape index (κ1) is 5.37. The van der Waals surface area contributed by atoms with Crippen LogP contribution in [-0.2, 0) is 4.79 Å². The van der Waals surface area contributed by atoms with Crippen LogP contribution in [0.15, 0.2) is 12.2 Å². The maximum absolute atomic E-state index is 9.24. The number of rotatable bonds is 2. The summed E-state index contributed by atoms with van der Waals surface area (Å²) in [7, 11) is 0. The molecule has 0 fully saturated rings. The van der Waals surface area contributed by atoms with Crippen LogP contribution in [0.2, 0.25) is 0 Å². The topological polar surface area (TPSA) is 37.3 Å². The van der Waals surface area contributed by atoms with Gasteiger partial charge in [0.15, 0.2) is 0 Å². The van der Waals surface area contributed by atoms with Crippen molar-refractivity contribution >= 4 is 6.29 Å². The van der Waals surface area contributed by atoms with E-state index in [-0.39, 0.29) is 6.61 Å². The zero-order valence-electron chi connectivity index (χ0n) is 3.22. The van der Waals surface area contributed by atoms with Crippen LogP contribution in [-0.4, -0.2) is 18.0 Å². The van der Waals surface area contributed by atoms with E-state index in [4.69, 9.17) is 5.11 Å². The lowest BCUT2D eigenvalue weighted by molar-refractivity contribution is 0.343. The summed E-state index contributed by atoms with van der Waals surface area (Å²) >= 11 is 0. The van der Waals surface area contributed by atoms with Gasteiger partial charge in [-0.1, -0.05) is 6.08 Å². The van der Waals surface area contributed by atoms with Gasteiger partial charge in [0, 0.05) is 0 Å². The second kappa shape index (κ2) is 4.37. The van der Waals surface area contributed by atoms with Gasteiger partial charge in [-0.3, -0.25) is 4.79 Å². The second-order valence-electron chi connectivity index (χ2n) is 0.703. The quantitative estimate of drug-likeness (QED) is 0.465.